The minimum Gasteiger partial charge on any atom is -0.383 e. The fraction of sp³-hybridized carbons (Fsp3) is 0.214. The van der Waals surface area contributed by atoms with Crippen molar-refractivity contribution >= 4 is 47.0 Å². The molecule has 1 aromatic carbocycles. The van der Waals surface area contributed by atoms with Crippen LogP contribution in [0.25, 0.3) is 11.1 Å². The highest BCUT2D eigenvalue weighted by atomic mass is 35.5. The molecule has 6 nitrogen and oxygen atoms in total. The number of aromatic nitrogens is 2. The second-order valence-electron chi connectivity index (χ2n) is 4.92. The van der Waals surface area contributed by atoms with Crippen molar-refractivity contribution in [1.82, 2.24) is 14.9 Å². The molecular weight excluding hydrogens is 323 g/mol. The minimum absolute atomic E-state index is 0.128. The smallest absolute Gasteiger partial charge is 0.222 e. The summed E-state index contributed by atoms with van der Waals surface area (Å²) in [6.45, 7) is 1.80. The molecule has 2 rings (SSSR count). The number of benzene rings is 1. The third kappa shape index (κ3) is 3.40. The van der Waals surface area contributed by atoms with Crippen molar-refractivity contribution in [2.24, 2.45) is 4.99 Å². The Morgan fingerprint density at radius 3 is 2.23 bits per heavy atom. The predicted octanol–water partition coefficient (Wildman–Crippen LogP) is 3.14. The van der Waals surface area contributed by atoms with Gasteiger partial charge in [0.05, 0.1) is 22.1 Å². The van der Waals surface area contributed by atoms with Crippen LogP contribution in [0.15, 0.2) is 17.1 Å². The van der Waals surface area contributed by atoms with Gasteiger partial charge in [-0.15, -0.1) is 0 Å². The highest BCUT2D eigenvalue weighted by Gasteiger charge is 2.14. The molecule has 0 saturated heterocycles. The first-order chi connectivity index (χ1) is 10.3. The van der Waals surface area contributed by atoms with Gasteiger partial charge in [-0.2, -0.15) is 4.98 Å². The van der Waals surface area contributed by atoms with Crippen LogP contribution in [-0.4, -0.2) is 35.3 Å². The number of nitrogen functional groups attached to an aromatic ring is 2. The molecule has 0 bridgehead atoms. The number of hydrogen-bond donors (Lipinski definition) is 2. The van der Waals surface area contributed by atoms with Crippen LogP contribution in [0.5, 0.6) is 0 Å². The third-order valence-electron chi connectivity index (χ3n) is 2.86. The molecule has 0 radical (unpaired) electrons. The van der Waals surface area contributed by atoms with Crippen LogP contribution < -0.4 is 11.5 Å². The molecule has 0 atom stereocenters. The van der Waals surface area contributed by atoms with Gasteiger partial charge in [0.1, 0.15) is 11.5 Å². The lowest BCUT2D eigenvalue weighted by atomic mass is 10.0. The zero-order valence-electron chi connectivity index (χ0n) is 12.4. The molecule has 8 heteroatoms. The first-order valence-electron chi connectivity index (χ1n) is 6.39. The number of rotatable bonds is 3. The number of halogens is 2. The van der Waals surface area contributed by atoms with Crippen LogP contribution >= 0.6 is 23.2 Å². The van der Waals surface area contributed by atoms with Crippen molar-refractivity contribution in [3.05, 3.63) is 27.9 Å². The van der Waals surface area contributed by atoms with Crippen LogP contribution in [0, 0.1) is 6.92 Å². The van der Waals surface area contributed by atoms with Crippen LogP contribution in [0.1, 0.15) is 5.69 Å². The van der Waals surface area contributed by atoms with E-state index in [-0.39, 0.29) is 11.8 Å². The molecule has 0 fully saturated rings. The van der Waals surface area contributed by atoms with E-state index in [2.05, 4.69) is 15.0 Å². The van der Waals surface area contributed by atoms with Gasteiger partial charge in [0.25, 0.3) is 0 Å². The van der Waals surface area contributed by atoms with Crippen molar-refractivity contribution in [3.8, 4) is 11.1 Å². The van der Waals surface area contributed by atoms with Gasteiger partial charge in [0.2, 0.25) is 5.95 Å². The highest BCUT2D eigenvalue weighted by Crippen LogP contribution is 2.39. The first-order valence-corrected chi connectivity index (χ1v) is 7.14. The normalized spacial score (nSPS) is 11.1. The van der Waals surface area contributed by atoms with Crippen molar-refractivity contribution in [2.75, 3.05) is 25.6 Å². The molecule has 1 aromatic heterocycles. The molecule has 0 amide bonds. The maximum atomic E-state index is 6.28. The first kappa shape index (κ1) is 16.3. The number of hydrogen-bond acceptors (Lipinski definition) is 5. The molecule has 22 heavy (non-hydrogen) atoms. The summed E-state index contributed by atoms with van der Waals surface area (Å²) in [6.07, 6.45) is 1.62. The van der Waals surface area contributed by atoms with Gasteiger partial charge in [-0.1, -0.05) is 23.2 Å². The third-order valence-corrected chi connectivity index (χ3v) is 3.43. The monoisotopic (exact) mass is 338 g/mol. The lowest BCUT2D eigenvalue weighted by molar-refractivity contribution is 0.643. The van der Waals surface area contributed by atoms with Crippen LogP contribution in [-0.2, 0) is 0 Å². The van der Waals surface area contributed by atoms with E-state index in [1.54, 1.807) is 30.3 Å². The predicted molar refractivity (Wildman–Crippen MR) is 92.9 cm³/mol. The minimum atomic E-state index is 0.128. The lowest BCUT2D eigenvalue weighted by Gasteiger charge is -2.12. The van der Waals surface area contributed by atoms with Gasteiger partial charge >= 0.3 is 0 Å². The molecular formula is C14H16Cl2N6. The van der Waals surface area contributed by atoms with Crippen LogP contribution in [0.3, 0.4) is 0 Å². The van der Waals surface area contributed by atoms with Crippen molar-refractivity contribution in [1.29, 1.82) is 0 Å². The number of aryl methyl sites for hydroxylation is 1. The Bertz CT molecular complexity index is 696. The summed E-state index contributed by atoms with van der Waals surface area (Å²) in [5, 5.41) is 0.826. The van der Waals surface area contributed by atoms with Crippen molar-refractivity contribution in [3.63, 3.8) is 0 Å². The maximum Gasteiger partial charge on any atom is 0.222 e. The number of nitrogens with two attached hydrogens (primary N) is 2. The molecule has 1 heterocycles. The van der Waals surface area contributed by atoms with Gasteiger partial charge in [0.15, 0.2) is 0 Å². The van der Waals surface area contributed by atoms with Gasteiger partial charge < -0.3 is 16.4 Å². The Morgan fingerprint density at radius 1 is 1.14 bits per heavy atom. The topological polar surface area (TPSA) is 93.4 Å². The van der Waals surface area contributed by atoms with E-state index in [1.165, 1.54) is 0 Å². The van der Waals surface area contributed by atoms with E-state index < -0.39 is 0 Å². The highest BCUT2D eigenvalue weighted by molar-refractivity contribution is 6.39. The Morgan fingerprint density at radius 2 is 1.73 bits per heavy atom. The largest absolute Gasteiger partial charge is 0.383 e. The maximum absolute atomic E-state index is 6.28. The quantitative estimate of drug-likeness (QED) is 0.662. The number of nitrogens with zero attached hydrogens (tertiary/aromatic N) is 4. The molecule has 2 aromatic rings. The Balaban J connectivity index is 2.56. The van der Waals surface area contributed by atoms with Crippen LogP contribution in [0.2, 0.25) is 10.0 Å². The standard InChI is InChI=1S/C14H16Cl2N6/c1-7-11(13(17)21-14(18)20-7)8-4-9(15)12(10(16)5-8)19-6-22(2)3/h4-6H,1-3H3,(H4,17,18,20,21). The molecule has 4 N–H and O–H groups in total. The van der Waals surface area contributed by atoms with Crippen molar-refractivity contribution < 1.29 is 0 Å². The summed E-state index contributed by atoms with van der Waals surface area (Å²) in [5.41, 5.74) is 14.0. The Kier molecular flexibility index (Phi) is 4.73. The van der Waals surface area contributed by atoms with E-state index in [9.17, 15) is 0 Å². The van der Waals surface area contributed by atoms with Gasteiger partial charge in [-0.3, -0.25) is 0 Å². The average molecular weight is 339 g/mol. The van der Waals surface area contributed by atoms with E-state index in [1.807, 2.05) is 14.1 Å². The van der Waals surface area contributed by atoms with E-state index in [4.69, 9.17) is 34.7 Å². The van der Waals surface area contributed by atoms with E-state index >= 15 is 0 Å². The molecule has 0 aliphatic heterocycles. The number of aliphatic imine (C=N–C) groups is 1. The van der Waals surface area contributed by atoms with Crippen LogP contribution in [0.4, 0.5) is 17.5 Å². The molecule has 116 valence electrons. The van der Waals surface area contributed by atoms with E-state index in [0.29, 0.717) is 32.6 Å². The summed E-state index contributed by atoms with van der Waals surface area (Å²) >= 11 is 12.6. The SMILES string of the molecule is Cc1nc(N)nc(N)c1-c1cc(Cl)c(N=CN(C)C)c(Cl)c1. The second-order valence-corrected chi connectivity index (χ2v) is 5.74. The molecule has 0 aliphatic carbocycles. The molecule has 0 aliphatic rings. The van der Waals surface area contributed by atoms with E-state index in [0.717, 1.165) is 0 Å². The Hall–Kier alpha value is -2.05. The summed E-state index contributed by atoms with van der Waals surface area (Å²) in [6, 6.07) is 3.46. The molecule has 0 unspecified atom stereocenters. The van der Waals surface area contributed by atoms with Gasteiger partial charge in [0, 0.05) is 19.7 Å². The summed E-state index contributed by atoms with van der Waals surface area (Å²) in [7, 11) is 3.71. The zero-order chi connectivity index (χ0) is 16.4. The van der Waals surface area contributed by atoms with Crippen molar-refractivity contribution in [2.45, 2.75) is 6.92 Å². The number of anilines is 2. The second kappa shape index (κ2) is 6.37. The zero-order valence-corrected chi connectivity index (χ0v) is 13.9. The summed E-state index contributed by atoms with van der Waals surface area (Å²) in [5.74, 6) is 0.407. The summed E-state index contributed by atoms with van der Waals surface area (Å²) < 4.78 is 0. The van der Waals surface area contributed by atoms with Gasteiger partial charge in [-0.25, -0.2) is 9.98 Å². The molecule has 0 spiro atoms. The fourth-order valence-corrected chi connectivity index (χ4v) is 2.57. The lowest BCUT2D eigenvalue weighted by Crippen LogP contribution is -2.07. The molecule has 0 saturated carbocycles. The fourth-order valence-electron chi connectivity index (χ4n) is 1.98. The summed E-state index contributed by atoms with van der Waals surface area (Å²) in [4.78, 5) is 14.1. The average Bonchev–Trinajstić information content (AvgIpc) is 2.35. The Labute approximate surface area is 138 Å². The van der Waals surface area contributed by atoms with Gasteiger partial charge in [-0.05, 0) is 24.6 Å².